The topological polar surface area (TPSA) is 26.3 Å². The van der Waals surface area contributed by atoms with Crippen molar-refractivity contribution < 1.29 is 9.53 Å². The van der Waals surface area contributed by atoms with E-state index in [1.165, 1.54) is 12.0 Å². The molecule has 1 aliphatic carbocycles. The van der Waals surface area contributed by atoms with Gasteiger partial charge in [0.05, 0.1) is 6.61 Å². The van der Waals surface area contributed by atoms with E-state index in [4.69, 9.17) is 4.74 Å². The summed E-state index contributed by atoms with van der Waals surface area (Å²) in [5.41, 5.74) is 1.23. The van der Waals surface area contributed by atoms with Gasteiger partial charge in [-0.05, 0) is 36.8 Å². The van der Waals surface area contributed by atoms with Crippen molar-refractivity contribution in [2.75, 3.05) is 6.61 Å². The van der Waals surface area contributed by atoms with Crippen molar-refractivity contribution in [2.45, 2.75) is 38.0 Å². The number of carbonyl (C=O) groups excluding carboxylic acids is 1. The number of fused-ring (bicyclic) bond motifs is 1. The summed E-state index contributed by atoms with van der Waals surface area (Å²) in [5.74, 6) is 2.20. The zero-order chi connectivity index (χ0) is 11.7. The Morgan fingerprint density at radius 2 is 2.06 bits per heavy atom. The number of rotatable bonds is 3. The average Bonchev–Trinajstić information content (AvgIpc) is 2.27. The maximum absolute atomic E-state index is 12.1. The second-order valence-corrected chi connectivity index (χ2v) is 5.17. The number of hydrogen-bond acceptors (Lipinski definition) is 2. The highest BCUT2D eigenvalue weighted by Gasteiger charge is 2.29. The summed E-state index contributed by atoms with van der Waals surface area (Å²) in [7, 11) is 0. The van der Waals surface area contributed by atoms with Crippen molar-refractivity contribution in [1.29, 1.82) is 0 Å². The van der Waals surface area contributed by atoms with Crippen LogP contribution in [0.1, 0.15) is 43.6 Å². The zero-order valence-electron chi connectivity index (χ0n) is 10.0. The number of Topliss-reactive ketones (excluding diaryl/α,β-unsaturated/α-hetero) is 1. The lowest BCUT2D eigenvalue weighted by molar-refractivity contribution is -0.125. The van der Waals surface area contributed by atoms with E-state index >= 15 is 0 Å². The Hall–Kier alpha value is -1.31. The van der Waals surface area contributed by atoms with Crippen molar-refractivity contribution in [1.82, 2.24) is 0 Å². The molecule has 0 spiro atoms. The number of ether oxygens (including phenoxy) is 1. The van der Waals surface area contributed by atoms with Crippen LogP contribution in [0, 0.1) is 5.92 Å². The third-order valence-electron chi connectivity index (χ3n) is 4.09. The molecule has 2 nitrogen and oxygen atoms in total. The van der Waals surface area contributed by atoms with E-state index in [1.54, 1.807) is 0 Å². The van der Waals surface area contributed by atoms with Gasteiger partial charge in [-0.15, -0.1) is 0 Å². The Labute approximate surface area is 102 Å². The van der Waals surface area contributed by atoms with E-state index in [-0.39, 0.29) is 0 Å². The van der Waals surface area contributed by atoms with Gasteiger partial charge in [0.15, 0.2) is 0 Å². The molecular formula is C15H18O2. The van der Waals surface area contributed by atoms with Crippen LogP contribution in [-0.4, -0.2) is 12.4 Å². The lowest BCUT2D eigenvalue weighted by atomic mass is 9.77. The molecule has 0 bridgehead atoms. The van der Waals surface area contributed by atoms with Gasteiger partial charge >= 0.3 is 0 Å². The van der Waals surface area contributed by atoms with Crippen LogP contribution in [0.25, 0.3) is 0 Å². The van der Waals surface area contributed by atoms with E-state index in [1.807, 2.05) is 18.2 Å². The molecule has 1 atom stereocenters. The van der Waals surface area contributed by atoms with Crippen LogP contribution in [0.5, 0.6) is 5.75 Å². The second kappa shape index (κ2) is 4.52. The Morgan fingerprint density at radius 1 is 1.24 bits per heavy atom. The van der Waals surface area contributed by atoms with Crippen molar-refractivity contribution in [3.63, 3.8) is 0 Å². The smallest absolute Gasteiger partial charge is 0.136 e. The monoisotopic (exact) mass is 230 g/mol. The maximum Gasteiger partial charge on any atom is 0.136 e. The minimum absolute atomic E-state index is 0.366. The molecular weight excluding hydrogens is 212 g/mol. The fraction of sp³-hybridized carbons (Fsp3) is 0.533. The first-order chi connectivity index (χ1) is 8.34. The van der Waals surface area contributed by atoms with Gasteiger partial charge in [0, 0.05) is 12.3 Å². The summed E-state index contributed by atoms with van der Waals surface area (Å²) in [6.07, 6.45) is 5.16. The van der Waals surface area contributed by atoms with Crippen LogP contribution in [-0.2, 0) is 4.79 Å². The minimum atomic E-state index is 0.366. The van der Waals surface area contributed by atoms with E-state index in [0.29, 0.717) is 24.0 Å². The van der Waals surface area contributed by atoms with Gasteiger partial charge in [-0.1, -0.05) is 24.6 Å². The molecule has 17 heavy (non-hydrogen) atoms. The molecule has 3 rings (SSSR count). The Morgan fingerprint density at radius 3 is 2.82 bits per heavy atom. The summed E-state index contributed by atoms with van der Waals surface area (Å²) < 4.78 is 5.62. The zero-order valence-corrected chi connectivity index (χ0v) is 10.0. The lowest BCUT2D eigenvalue weighted by Crippen LogP contribution is -2.25. The largest absolute Gasteiger partial charge is 0.493 e. The van der Waals surface area contributed by atoms with Crippen LogP contribution in [0.2, 0.25) is 0 Å². The molecule has 0 amide bonds. The van der Waals surface area contributed by atoms with Crippen molar-refractivity contribution >= 4 is 5.78 Å². The van der Waals surface area contributed by atoms with Gasteiger partial charge < -0.3 is 4.74 Å². The van der Waals surface area contributed by atoms with Gasteiger partial charge in [0.25, 0.3) is 0 Å². The predicted octanol–water partition coefficient (Wildman–Crippen LogP) is 3.31. The number of para-hydroxylation sites is 1. The number of carbonyl (C=O) groups is 1. The molecule has 90 valence electrons. The summed E-state index contributed by atoms with van der Waals surface area (Å²) >= 11 is 0. The van der Waals surface area contributed by atoms with Gasteiger partial charge in [0.1, 0.15) is 11.5 Å². The fourth-order valence-electron chi connectivity index (χ4n) is 2.77. The molecule has 1 fully saturated rings. The molecule has 1 aliphatic heterocycles. The summed E-state index contributed by atoms with van der Waals surface area (Å²) in [4.78, 5) is 12.1. The quantitative estimate of drug-likeness (QED) is 0.796. The molecule has 1 aromatic carbocycles. The molecule has 0 saturated heterocycles. The minimum Gasteiger partial charge on any atom is -0.493 e. The number of hydrogen-bond donors (Lipinski definition) is 0. The predicted molar refractivity (Wildman–Crippen MR) is 66.3 cm³/mol. The molecule has 1 saturated carbocycles. The molecule has 0 N–H and O–H groups in total. The van der Waals surface area contributed by atoms with Gasteiger partial charge in [-0.3, -0.25) is 4.79 Å². The van der Waals surface area contributed by atoms with E-state index in [0.717, 1.165) is 31.6 Å². The second-order valence-electron chi connectivity index (χ2n) is 5.17. The summed E-state index contributed by atoms with van der Waals surface area (Å²) in [6, 6.07) is 8.14. The Balaban J connectivity index is 1.73. The number of benzene rings is 1. The first-order valence-electron chi connectivity index (χ1n) is 6.59. The van der Waals surface area contributed by atoms with Crippen LogP contribution in [0.3, 0.4) is 0 Å². The first-order valence-corrected chi connectivity index (χ1v) is 6.59. The van der Waals surface area contributed by atoms with Crippen LogP contribution >= 0.6 is 0 Å². The first kappa shape index (κ1) is 10.8. The third kappa shape index (κ3) is 2.08. The van der Waals surface area contributed by atoms with Gasteiger partial charge in [-0.2, -0.15) is 0 Å². The van der Waals surface area contributed by atoms with Crippen molar-refractivity contribution in [2.24, 2.45) is 5.92 Å². The molecule has 0 aromatic heterocycles. The highest BCUT2D eigenvalue weighted by Crippen LogP contribution is 2.38. The molecule has 2 heteroatoms. The SMILES string of the molecule is O=C(CC1CCOc2ccccc21)C1CCC1. The molecule has 1 aromatic rings. The van der Waals surface area contributed by atoms with Gasteiger partial charge in [0.2, 0.25) is 0 Å². The van der Waals surface area contributed by atoms with E-state index < -0.39 is 0 Å². The standard InChI is InChI=1S/C15H18O2/c16-14(11-4-3-5-11)10-12-8-9-17-15-7-2-1-6-13(12)15/h1-2,6-7,11-12H,3-5,8-10H2. The van der Waals surface area contributed by atoms with Crippen molar-refractivity contribution in [3.05, 3.63) is 29.8 Å². The average molecular weight is 230 g/mol. The highest BCUT2D eigenvalue weighted by atomic mass is 16.5. The van der Waals surface area contributed by atoms with E-state index in [2.05, 4.69) is 6.07 Å². The van der Waals surface area contributed by atoms with Crippen LogP contribution in [0.15, 0.2) is 24.3 Å². The third-order valence-corrected chi connectivity index (χ3v) is 4.09. The maximum atomic E-state index is 12.1. The Kier molecular flexibility index (Phi) is 2.87. The molecule has 0 radical (unpaired) electrons. The van der Waals surface area contributed by atoms with Crippen molar-refractivity contribution in [3.8, 4) is 5.75 Å². The van der Waals surface area contributed by atoms with E-state index in [9.17, 15) is 4.79 Å². The summed E-state index contributed by atoms with van der Waals surface area (Å²) in [6.45, 7) is 0.750. The number of ketones is 1. The Bertz CT molecular complexity index is 421. The normalized spacial score (nSPS) is 23.4. The van der Waals surface area contributed by atoms with Crippen LogP contribution in [0.4, 0.5) is 0 Å². The fourth-order valence-corrected chi connectivity index (χ4v) is 2.77. The molecule has 2 aliphatic rings. The summed E-state index contributed by atoms with van der Waals surface area (Å²) in [5, 5.41) is 0. The van der Waals surface area contributed by atoms with Gasteiger partial charge in [-0.25, -0.2) is 0 Å². The van der Waals surface area contributed by atoms with Crippen LogP contribution < -0.4 is 4.74 Å². The lowest BCUT2D eigenvalue weighted by Gasteiger charge is -2.29. The molecule has 1 unspecified atom stereocenters. The molecule has 1 heterocycles. The highest BCUT2D eigenvalue weighted by molar-refractivity contribution is 5.82.